The molecule has 0 amide bonds. The van der Waals surface area contributed by atoms with Crippen LogP contribution in [0.4, 0.5) is 0 Å². The van der Waals surface area contributed by atoms with Gasteiger partial charge in [0.2, 0.25) is 0 Å². The molecule has 0 aliphatic heterocycles. The van der Waals surface area contributed by atoms with E-state index in [-0.39, 0.29) is 0 Å². The minimum Gasteiger partial charge on any atom is -0.291 e. The van der Waals surface area contributed by atoms with Gasteiger partial charge in [-0.15, -0.1) is 0 Å². The summed E-state index contributed by atoms with van der Waals surface area (Å²) in [7, 11) is 0. The Labute approximate surface area is 292 Å². The highest BCUT2D eigenvalue weighted by atomic mass is 15.1. The molecule has 234 valence electrons. The van der Waals surface area contributed by atoms with E-state index >= 15 is 0 Å². The van der Waals surface area contributed by atoms with Crippen LogP contribution in [-0.4, -0.2) is 14.5 Å². The van der Waals surface area contributed by atoms with Gasteiger partial charge >= 0.3 is 0 Å². The van der Waals surface area contributed by atoms with Crippen molar-refractivity contribution in [2.45, 2.75) is 0 Å². The number of fused-ring (bicyclic) bond motifs is 10. The topological polar surface area (TPSA) is 30.7 Å². The van der Waals surface area contributed by atoms with Crippen LogP contribution in [0.3, 0.4) is 0 Å². The molecule has 1 aliphatic carbocycles. The lowest BCUT2D eigenvalue weighted by Gasteiger charge is -2.18. The first-order valence-corrected chi connectivity index (χ1v) is 17.5. The van der Waals surface area contributed by atoms with Gasteiger partial charge in [0.05, 0.1) is 22.1 Å². The van der Waals surface area contributed by atoms with Gasteiger partial charge in [0.25, 0.3) is 0 Å². The van der Waals surface area contributed by atoms with Gasteiger partial charge in [-0.2, -0.15) is 0 Å². The highest BCUT2D eigenvalue weighted by Gasteiger charge is 2.28. The summed E-state index contributed by atoms with van der Waals surface area (Å²) in [6.07, 6.45) is 0. The minimum atomic E-state index is 0.835. The second kappa shape index (κ2) is 9.87. The van der Waals surface area contributed by atoms with Crippen molar-refractivity contribution in [3.8, 4) is 39.3 Å². The van der Waals surface area contributed by atoms with Crippen LogP contribution in [-0.2, 0) is 0 Å². The van der Waals surface area contributed by atoms with E-state index in [4.69, 9.17) is 9.97 Å². The molecule has 0 bridgehead atoms. The zero-order chi connectivity index (χ0) is 33.2. The first-order chi connectivity index (χ1) is 25.3. The van der Waals surface area contributed by atoms with Crippen molar-refractivity contribution < 1.29 is 0 Å². The number of aromatic nitrogens is 3. The number of benzene rings is 9. The molecule has 0 saturated carbocycles. The first kappa shape index (κ1) is 27.0. The maximum absolute atomic E-state index is 5.70. The molecule has 0 N–H and O–H groups in total. The maximum atomic E-state index is 5.70. The molecule has 0 radical (unpaired) electrons. The first-order valence-electron chi connectivity index (χ1n) is 17.5. The van der Waals surface area contributed by atoms with Crippen LogP contribution in [0.15, 0.2) is 164 Å². The zero-order valence-corrected chi connectivity index (χ0v) is 27.4. The molecule has 3 heteroatoms. The smallest absolute Gasteiger partial charge is 0.165 e. The molecule has 51 heavy (non-hydrogen) atoms. The fraction of sp³-hybridized carbons (Fsp3) is 0. The number of nitrogens with zero attached hydrogens (tertiary/aromatic N) is 3. The molecule has 9 aromatic carbocycles. The van der Waals surface area contributed by atoms with Gasteiger partial charge in [-0.1, -0.05) is 146 Å². The molecule has 0 spiro atoms. The Balaban J connectivity index is 1.35. The number of hydrogen-bond donors (Lipinski definition) is 0. The average Bonchev–Trinajstić information content (AvgIpc) is 3.49. The highest BCUT2D eigenvalue weighted by molar-refractivity contribution is 6.37. The van der Waals surface area contributed by atoms with Crippen molar-refractivity contribution in [1.82, 2.24) is 14.5 Å². The lowest BCUT2D eigenvalue weighted by atomic mass is 9.91. The summed E-state index contributed by atoms with van der Waals surface area (Å²) in [4.78, 5) is 11.2. The standard InChI is InChI=1S/C48H27N3/c1-2-13-30-27-31(24-23-28(30)11-1)45-48(50-46-32-14-4-3-12-29(32)25-26-40(46)49-45)51-41-22-10-21-38-34-16-6-5-15-33(34)36-19-9-20-37-35-17-7-8-18-39(35)47(51)44(42(36)37)43(38)41/h1-27H. The van der Waals surface area contributed by atoms with Crippen LogP contribution in [0.1, 0.15) is 0 Å². The largest absolute Gasteiger partial charge is 0.291 e. The average molecular weight is 646 g/mol. The van der Waals surface area contributed by atoms with Crippen molar-refractivity contribution in [2.75, 3.05) is 0 Å². The fourth-order valence-corrected chi connectivity index (χ4v) is 8.90. The third-order valence-electron chi connectivity index (χ3n) is 11.1. The van der Waals surface area contributed by atoms with E-state index in [0.717, 1.165) is 49.9 Å². The minimum absolute atomic E-state index is 0.835. The quantitative estimate of drug-likeness (QED) is 0.175. The van der Waals surface area contributed by atoms with Crippen LogP contribution in [0, 0.1) is 0 Å². The molecule has 1 aliphatic rings. The summed E-state index contributed by atoms with van der Waals surface area (Å²) in [6, 6.07) is 59.3. The summed E-state index contributed by atoms with van der Waals surface area (Å²) in [5.74, 6) is 0.835. The Morgan fingerprint density at radius 1 is 0.392 bits per heavy atom. The van der Waals surface area contributed by atoms with Gasteiger partial charge in [-0.05, 0) is 67.4 Å². The third kappa shape index (κ3) is 3.57. The summed E-state index contributed by atoms with van der Waals surface area (Å²) in [5, 5.41) is 12.2. The van der Waals surface area contributed by atoms with Gasteiger partial charge < -0.3 is 0 Å². The molecule has 0 atom stereocenters. The molecular formula is C48H27N3. The monoisotopic (exact) mass is 645 g/mol. The lowest BCUT2D eigenvalue weighted by molar-refractivity contribution is 1.09. The second-order valence-electron chi connectivity index (χ2n) is 13.7. The summed E-state index contributed by atoms with van der Waals surface area (Å²) in [5.41, 5.74) is 11.0. The molecule has 11 aromatic rings. The Morgan fingerprint density at radius 3 is 1.86 bits per heavy atom. The summed E-state index contributed by atoms with van der Waals surface area (Å²) >= 11 is 0. The molecule has 3 nitrogen and oxygen atoms in total. The molecular weight excluding hydrogens is 619 g/mol. The fourth-order valence-electron chi connectivity index (χ4n) is 8.90. The highest BCUT2D eigenvalue weighted by Crippen LogP contribution is 2.52. The Bertz CT molecular complexity index is 3310. The van der Waals surface area contributed by atoms with Crippen LogP contribution in [0.5, 0.6) is 0 Å². The van der Waals surface area contributed by atoms with E-state index in [2.05, 4.69) is 168 Å². The predicted molar refractivity (Wildman–Crippen MR) is 214 cm³/mol. The van der Waals surface area contributed by atoms with Gasteiger partial charge in [0.15, 0.2) is 5.82 Å². The van der Waals surface area contributed by atoms with E-state index in [1.165, 1.54) is 65.3 Å². The molecule has 0 unspecified atom stereocenters. The number of rotatable bonds is 2. The summed E-state index contributed by atoms with van der Waals surface area (Å²) in [6.45, 7) is 0. The summed E-state index contributed by atoms with van der Waals surface area (Å²) < 4.78 is 2.43. The third-order valence-corrected chi connectivity index (χ3v) is 11.1. The van der Waals surface area contributed by atoms with Crippen LogP contribution < -0.4 is 0 Å². The Morgan fingerprint density at radius 2 is 1.02 bits per heavy atom. The van der Waals surface area contributed by atoms with Crippen LogP contribution in [0.2, 0.25) is 0 Å². The van der Waals surface area contributed by atoms with Crippen molar-refractivity contribution in [2.24, 2.45) is 0 Å². The molecule has 0 saturated heterocycles. The molecule has 2 heterocycles. The van der Waals surface area contributed by atoms with Gasteiger partial charge in [0, 0.05) is 32.5 Å². The number of hydrogen-bond acceptors (Lipinski definition) is 2. The Kier molecular flexibility index (Phi) is 5.23. The van der Waals surface area contributed by atoms with Gasteiger partial charge in [-0.25, -0.2) is 9.97 Å². The van der Waals surface area contributed by atoms with Crippen molar-refractivity contribution in [3.05, 3.63) is 164 Å². The van der Waals surface area contributed by atoms with Gasteiger partial charge in [-0.3, -0.25) is 4.57 Å². The van der Waals surface area contributed by atoms with Crippen molar-refractivity contribution in [1.29, 1.82) is 0 Å². The van der Waals surface area contributed by atoms with E-state index in [1.807, 2.05) is 0 Å². The van der Waals surface area contributed by atoms with E-state index < -0.39 is 0 Å². The molecule has 0 fully saturated rings. The van der Waals surface area contributed by atoms with E-state index in [1.54, 1.807) is 0 Å². The van der Waals surface area contributed by atoms with Gasteiger partial charge in [0.1, 0.15) is 5.69 Å². The van der Waals surface area contributed by atoms with E-state index in [9.17, 15) is 0 Å². The van der Waals surface area contributed by atoms with Crippen molar-refractivity contribution >= 4 is 75.9 Å². The second-order valence-corrected chi connectivity index (χ2v) is 13.7. The molecule has 12 rings (SSSR count). The lowest BCUT2D eigenvalue weighted by Crippen LogP contribution is -2.04. The van der Waals surface area contributed by atoms with E-state index in [0.29, 0.717) is 0 Å². The maximum Gasteiger partial charge on any atom is 0.165 e. The zero-order valence-electron chi connectivity index (χ0n) is 27.4. The Hall–Kier alpha value is -6.84. The molecule has 2 aromatic heterocycles. The van der Waals surface area contributed by atoms with Crippen LogP contribution in [0.25, 0.3) is 115 Å². The van der Waals surface area contributed by atoms with Crippen LogP contribution >= 0.6 is 0 Å². The SMILES string of the molecule is c1ccc2c(c1)-c1cccc3c4ccccc4c4c(c13)c1c-2cccc1n4-c1nc2c(ccc3ccccc32)nc1-c1ccc2ccccc2c1. The normalized spacial score (nSPS) is 12.3. The predicted octanol–water partition coefficient (Wildman–Crippen LogP) is 12.7. The van der Waals surface area contributed by atoms with Crippen molar-refractivity contribution in [3.63, 3.8) is 0 Å².